The average molecular weight is 333 g/mol. The van der Waals surface area contributed by atoms with E-state index in [1.54, 1.807) is 12.1 Å². The molecule has 0 unspecified atom stereocenters. The van der Waals surface area contributed by atoms with E-state index in [2.05, 4.69) is 4.90 Å². The highest BCUT2D eigenvalue weighted by Crippen LogP contribution is 2.27. The number of hydrogen-bond acceptors (Lipinski definition) is 5. The van der Waals surface area contributed by atoms with Crippen LogP contribution in [0.15, 0.2) is 60.7 Å². The third kappa shape index (κ3) is 3.46. The predicted octanol–water partition coefficient (Wildman–Crippen LogP) is 3.35. The quantitative estimate of drug-likeness (QED) is 0.796. The summed E-state index contributed by atoms with van der Waals surface area (Å²) in [6.45, 7) is 2.95. The molecule has 0 amide bonds. The van der Waals surface area contributed by atoms with Gasteiger partial charge in [-0.3, -0.25) is 0 Å². The van der Waals surface area contributed by atoms with Crippen molar-refractivity contribution in [1.29, 1.82) is 0 Å². The summed E-state index contributed by atoms with van der Waals surface area (Å²) in [5, 5.41) is 9.54. The van der Waals surface area contributed by atoms with Gasteiger partial charge in [-0.05, 0) is 30.3 Å². The Morgan fingerprint density at radius 2 is 1.40 bits per heavy atom. The highest BCUT2D eigenvalue weighted by atomic mass is 16.5. The van der Waals surface area contributed by atoms with Crippen LogP contribution in [0.3, 0.4) is 0 Å². The highest BCUT2D eigenvalue weighted by molar-refractivity contribution is 5.70. The molecule has 0 aliphatic carbocycles. The largest absolute Gasteiger partial charge is 0.508 e. The fourth-order valence-corrected chi connectivity index (χ4v) is 2.88. The molecule has 0 spiro atoms. The number of phenolic OH excluding ortho intramolecular Hbond substituents is 1. The lowest BCUT2D eigenvalue weighted by Crippen LogP contribution is -2.37. The van der Waals surface area contributed by atoms with Crippen LogP contribution in [0.5, 0.6) is 5.75 Å². The molecule has 1 N–H and O–H groups in total. The van der Waals surface area contributed by atoms with E-state index in [4.69, 9.17) is 14.7 Å². The van der Waals surface area contributed by atoms with Gasteiger partial charge in [0.1, 0.15) is 5.75 Å². The van der Waals surface area contributed by atoms with Crippen molar-refractivity contribution in [3.8, 4) is 28.3 Å². The second-order valence-electron chi connectivity index (χ2n) is 5.95. The molecule has 1 fully saturated rings. The van der Waals surface area contributed by atoms with E-state index in [1.807, 2.05) is 48.5 Å². The average Bonchev–Trinajstić information content (AvgIpc) is 2.69. The van der Waals surface area contributed by atoms with Gasteiger partial charge < -0.3 is 14.7 Å². The number of nitrogens with zero attached hydrogens (tertiary/aromatic N) is 3. The minimum atomic E-state index is 0.245. The molecule has 0 bridgehead atoms. The first kappa shape index (κ1) is 15.6. The lowest BCUT2D eigenvalue weighted by molar-refractivity contribution is 0.122. The number of hydrogen-bond donors (Lipinski definition) is 1. The normalized spacial score (nSPS) is 14.5. The first-order chi connectivity index (χ1) is 12.3. The van der Waals surface area contributed by atoms with Crippen LogP contribution in [0.25, 0.3) is 22.5 Å². The summed E-state index contributed by atoms with van der Waals surface area (Å²) in [4.78, 5) is 11.7. The van der Waals surface area contributed by atoms with Crippen molar-refractivity contribution >= 4 is 5.95 Å². The molecule has 1 saturated heterocycles. The zero-order valence-electron chi connectivity index (χ0n) is 13.8. The van der Waals surface area contributed by atoms with E-state index in [1.165, 1.54) is 0 Å². The van der Waals surface area contributed by atoms with E-state index in [-0.39, 0.29) is 5.75 Å². The molecule has 0 radical (unpaired) electrons. The van der Waals surface area contributed by atoms with Gasteiger partial charge in [-0.1, -0.05) is 30.3 Å². The van der Waals surface area contributed by atoms with Crippen molar-refractivity contribution in [1.82, 2.24) is 9.97 Å². The fourth-order valence-electron chi connectivity index (χ4n) is 2.88. The molecule has 0 atom stereocenters. The van der Waals surface area contributed by atoms with Crippen LogP contribution in [0, 0.1) is 0 Å². The monoisotopic (exact) mass is 333 g/mol. The topological polar surface area (TPSA) is 58.5 Å². The van der Waals surface area contributed by atoms with Crippen LogP contribution >= 0.6 is 0 Å². The molecule has 5 heteroatoms. The van der Waals surface area contributed by atoms with Crippen molar-refractivity contribution < 1.29 is 9.84 Å². The van der Waals surface area contributed by atoms with Crippen molar-refractivity contribution in [3.05, 3.63) is 60.7 Å². The number of phenols is 1. The molecule has 25 heavy (non-hydrogen) atoms. The number of ether oxygens (including phenoxy) is 1. The number of aromatic nitrogens is 2. The van der Waals surface area contributed by atoms with Gasteiger partial charge in [0.15, 0.2) is 0 Å². The summed E-state index contributed by atoms with van der Waals surface area (Å²) in [6, 6.07) is 19.2. The summed E-state index contributed by atoms with van der Waals surface area (Å²) < 4.78 is 5.44. The van der Waals surface area contributed by atoms with Crippen LogP contribution < -0.4 is 4.90 Å². The Kier molecular flexibility index (Phi) is 4.31. The maximum atomic E-state index is 9.54. The second-order valence-corrected chi connectivity index (χ2v) is 5.95. The van der Waals surface area contributed by atoms with E-state index in [0.29, 0.717) is 19.2 Å². The molecule has 1 aliphatic heterocycles. The van der Waals surface area contributed by atoms with Crippen LogP contribution in [-0.4, -0.2) is 41.4 Å². The van der Waals surface area contributed by atoms with Crippen LogP contribution in [-0.2, 0) is 4.74 Å². The third-order valence-electron chi connectivity index (χ3n) is 4.24. The SMILES string of the molecule is Oc1ccc(-c2cc(-c3ccccc3)nc(N3CCOCC3)n2)cc1. The Balaban J connectivity index is 1.81. The van der Waals surface area contributed by atoms with Crippen molar-refractivity contribution in [3.63, 3.8) is 0 Å². The molecule has 3 aromatic rings. The van der Waals surface area contributed by atoms with E-state index in [9.17, 15) is 5.11 Å². The lowest BCUT2D eigenvalue weighted by Gasteiger charge is -2.27. The van der Waals surface area contributed by atoms with Gasteiger partial charge in [-0.25, -0.2) is 9.97 Å². The Hall–Kier alpha value is -2.92. The van der Waals surface area contributed by atoms with Gasteiger partial charge in [-0.2, -0.15) is 0 Å². The molecule has 1 aliphatic rings. The number of anilines is 1. The summed E-state index contributed by atoms with van der Waals surface area (Å²) in [5.41, 5.74) is 3.74. The number of rotatable bonds is 3. The Bertz CT molecular complexity index is 845. The number of benzene rings is 2. The standard InChI is InChI=1S/C20H19N3O2/c24-17-8-6-16(7-9-17)19-14-18(15-4-2-1-3-5-15)21-20(22-19)23-10-12-25-13-11-23/h1-9,14,24H,10-13H2. The Morgan fingerprint density at radius 3 is 2.04 bits per heavy atom. The summed E-state index contributed by atoms with van der Waals surface area (Å²) >= 11 is 0. The van der Waals surface area contributed by atoms with E-state index >= 15 is 0 Å². The zero-order chi connectivity index (χ0) is 17.1. The molecule has 5 nitrogen and oxygen atoms in total. The van der Waals surface area contributed by atoms with Gasteiger partial charge in [0.05, 0.1) is 24.6 Å². The Labute approximate surface area is 146 Å². The molecule has 2 heterocycles. The highest BCUT2D eigenvalue weighted by Gasteiger charge is 2.17. The van der Waals surface area contributed by atoms with Crippen LogP contribution in [0.4, 0.5) is 5.95 Å². The van der Waals surface area contributed by atoms with Gasteiger partial charge in [0.25, 0.3) is 0 Å². The smallest absolute Gasteiger partial charge is 0.226 e. The molecule has 4 rings (SSSR count). The second kappa shape index (κ2) is 6.91. The van der Waals surface area contributed by atoms with Crippen LogP contribution in [0.1, 0.15) is 0 Å². The molecular formula is C20H19N3O2. The first-order valence-electron chi connectivity index (χ1n) is 8.36. The van der Waals surface area contributed by atoms with Gasteiger partial charge in [-0.15, -0.1) is 0 Å². The van der Waals surface area contributed by atoms with Crippen molar-refractivity contribution in [2.24, 2.45) is 0 Å². The van der Waals surface area contributed by atoms with Crippen molar-refractivity contribution in [2.75, 3.05) is 31.2 Å². The summed E-state index contributed by atoms with van der Waals surface area (Å²) in [6.07, 6.45) is 0. The van der Waals surface area contributed by atoms with E-state index in [0.717, 1.165) is 35.6 Å². The predicted molar refractivity (Wildman–Crippen MR) is 97.6 cm³/mol. The number of morpholine rings is 1. The van der Waals surface area contributed by atoms with E-state index < -0.39 is 0 Å². The summed E-state index contributed by atoms with van der Waals surface area (Å²) in [7, 11) is 0. The fraction of sp³-hybridized carbons (Fsp3) is 0.200. The molecular weight excluding hydrogens is 314 g/mol. The van der Waals surface area contributed by atoms with Crippen molar-refractivity contribution in [2.45, 2.75) is 0 Å². The first-order valence-corrected chi connectivity index (χ1v) is 8.36. The summed E-state index contributed by atoms with van der Waals surface area (Å²) in [5.74, 6) is 0.960. The van der Waals surface area contributed by atoms with Gasteiger partial charge in [0.2, 0.25) is 5.95 Å². The van der Waals surface area contributed by atoms with Gasteiger partial charge in [0, 0.05) is 24.2 Å². The minimum absolute atomic E-state index is 0.245. The molecule has 0 saturated carbocycles. The molecule has 1 aromatic heterocycles. The number of aromatic hydroxyl groups is 1. The maximum Gasteiger partial charge on any atom is 0.226 e. The maximum absolute atomic E-state index is 9.54. The minimum Gasteiger partial charge on any atom is -0.508 e. The lowest BCUT2D eigenvalue weighted by atomic mass is 10.1. The Morgan fingerprint density at radius 1 is 0.800 bits per heavy atom. The molecule has 126 valence electrons. The van der Waals surface area contributed by atoms with Gasteiger partial charge >= 0.3 is 0 Å². The molecule has 2 aromatic carbocycles. The zero-order valence-corrected chi connectivity index (χ0v) is 13.8. The van der Waals surface area contributed by atoms with Crippen LogP contribution in [0.2, 0.25) is 0 Å². The third-order valence-corrected chi connectivity index (χ3v) is 4.24.